The summed E-state index contributed by atoms with van der Waals surface area (Å²) in [6, 6.07) is 0. The van der Waals surface area contributed by atoms with Crippen molar-refractivity contribution in [3.63, 3.8) is 0 Å². The molecule has 0 aromatic carbocycles. The molecule has 0 aliphatic heterocycles. The Morgan fingerprint density at radius 1 is 0.905 bits per heavy atom. The fourth-order valence-electron chi connectivity index (χ4n) is 3.75. The lowest BCUT2D eigenvalue weighted by molar-refractivity contribution is 0.421. The van der Waals surface area contributed by atoms with Crippen LogP contribution in [0.1, 0.15) is 91.4 Å². The van der Waals surface area contributed by atoms with E-state index in [4.69, 9.17) is 10.4 Å². The molecule has 21 heavy (non-hydrogen) atoms. The summed E-state index contributed by atoms with van der Waals surface area (Å²) in [7, 11) is 0. The lowest BCUT2D eigenvalue weighted by atomic mass is 9.77. The van der Waals surface area contributed by atoms with E-state index >= 15 is 0 Å². The normalized spacial score (nSPS) is 23.3. The molecule has 2 saturated carbocycles. The van der Waals surface area contributed by atoms with E-state index in [0.717, 1.165) is 12.1 Å². The van der Waals surface area contributed by atoms with Gasteiger partial charge >= 0.3 is 0 Å². The van der Waals surface area contributed by atoms with Crippen LogP contribution >= 0.6 is 0 Å². The highest BCUT2D eigenvalue weighted by Crippen LogP contribution is 2.32. The van der Waals surface area contributed by atoms with Crippen LogP contribution in [0.3, 0.4) is 0 Å². The van der Waals surface area contributed by atoms with Gasteiger partial charge in [0.15, 0.2) is 0 Å². The fourth-order valence-corrected chi connectivity index (χ4v) is 3.75. The summed E-state index contributed by atoms with van der Waals surface area (Å²) in [6.07, 6.45) is 14.0. The summed E-state index contributed by atoms with van der Waals surface area (Å²) in [5.74, 6) is 1.06. The molecule has 2 aliphatic rings. The van der Waals surface area contributed by atoms with Crippen molar-refractivity contribution in [3.8, 4) is 0 Å². The highest BCUT2D eigenvalue weighted by molar-refractivity contribution is 6.42. The molecule has 0 heterocycles. The Labute approximate surface area is 131 Å². The summed E-state index contributed by atoms with van der Waals surface area (Å²) in [6.45, 7) is 6.67. The summed E-state index contributed by atoms with van der Waals surface area (Å²) in [4.78, 5) is 5.12. The van der Waals surface area contributed by atoms with Crippen molar-refractivity contribution in [1.29, 1.82) is 5.41 Å². The number of hydrogen-bond donors (Lipinski definition) is 1. The van der Waals surface area contributed by atoms with E-state index < -0.39 is 0 Å². The quantitative estimate of drug-likeness (QED) is 0.622. The van der Waals surface area contributed by atoms with Gasteiger partial charge in [0.05, 0.1) is 17.0 Å². The van der Waals surface area contributed by atoms with E-state index in [1.165, 1.54) is 69.9 Å². The Balaban J connectivity index is 2.19. The van der Waals surface area contributed by atoms with Gasteiger partial charge < -0.3 is 5.41 Å². The Kier molecular flexibility index (Phi) is 6.01. The van der Waals surface area contributed by atoms with E-state index in [0.29, 0.717) is 11.8 Å². The second kappa shape index (κ2) is 7.56. The monoisotopic (exact) mass is 290 g/mol. The first-order valence-electron chi connectivity index (χ1n) is 9.22. The summed E-state index contributed by atoms with van der Waals surface area (Å²) in [5, 5.41) is 8.80. The smallest absolute Gasteiger partial charge is 0.0596 e. The van der Waals surface area contributed by atoms with Crippen molar-refractivity contribution in [1.82, 2.24) is 0 Å². The van der Waals surface area contributed by atoms with Gasteiger partial charge in [-0.1, -0.05) is 45.4 Å². The van der Waals surface area contributed by atoms with Gasteiger partial charge in [-0.3, -0.25) is 4.99 Å². The van der Waals surface area contributed by atoms with Gasteiger partial charge in [-0.2, -0.15) is 0 Å². The number of rotatable bonds is 5. The van der Waals surface area contributed by atoms with Gasteiger partial charge in [0.1, 0.15) is 0 Å². The summed E-state index contributed by atoms with van der Waals surface area (Å²) >= 11 is 0. The zero-order chi connectivity index (χ0) is 15.3. The molecule has 2 rings (SSSR count). The van der Waals surface area contributed by atoms with E-state index in [9.17, 15) is 0 Å². The van der Waals surface area contributed by atoms with Crippen LogP contribution in [0.25, 0.3) is 0 Å². The Morgan fingerprint density at radius 3 is 1.86 bits per heavy atom. The van der Waals surface area contributed by atoms with Crippen molar-refractivity contribution in [3.05, 3.63) is 0 Å². The molecule has 2 nitrogen and oxygen atoms in total. The standard InChI is InChI=1S/C19H34N2/c1-4-19(2,3)21-18(16-13-9-6-10-14-16)17(20)15-11-7-5-8-12-15/h15-16,20H,4-14H2,1-3H3. The zero-order valence-corrected chi connectivity index (χ0v) is 14.4. The molecule has 0 saturated heterocycles. The van der Waals surface area contributed by atoms with Gasteiger partial charge in [0, 0.05) is 11.8 Å². The van der Waals surface area contributed by atoms with Crippen LogP contribution in [-0.2, 0) is 0 Å². The minimum absolute atomic E-state index is 0.00620. The molecule has 0 amide bonds. The first-order chi connectivity index (χ1) is 10.0. The molecule has 2 fully saturated rings. The van der Waals surface area contributed by atoms with Gasteiger partial charge in [0.2, 0.25) is 0 Å². The highest BCUT2D eigenvalue weighted by Gasteiger charge is 2.29. The lowest BCUT2D eigenvalue weighted by Crippen LogP contribution is -2.34. The molecular weight excluding hydrogens is 256 g/mol. The average Bonchev–Trinajstić information content (AvgIpc) is 2.54. The molecule has 1 N–H and O–H groups in total. The molecule has 0 spiro atoms. The molecule has 0 radical (unpaired) electrons. The van der Waals surface area contributed by atoms with E-state index in [-0.39, 0.29) is 5.54 Å². The largest absolute Gasteiger partial charge is 0.303 e. The number of nitrogens with zero attached hydrogens (tertiary/aromatic N) is 1. The van der Waals surface area contributed by atoms with Gasteiger partial charge in [0.25, 0.3) is 0 Å². The third kappa shape index (κ3) is 4.66. The molecule has 120 valence electrons. The van der Waals surface area contributed by atoms with E-state index in [1.807, 2.05) is 0 Å². The average molecular weight is 290 g/mol. The molecule has 0 unspecified atom stereocenters. The van der Waals surface area contributed by atoms with E-state index in [1.54, 1.807) is 0 Å². The van der Waals surface area contributed by atoms with Crippen LogP contribution < -0.4 is 0 Å². The van der Waals surface area contributed by atoms with Crippen molar-refractivity contribution in [2.24, 2.45) is 16.8 Å². The summed E-state index contributed by atoms with van der Waals surface area (Å²) in [5.41, 5.74) is 2.09. The number of hydrogen-bond acceptors (Lipinski definition) is 2. The maximum absolute atomic E-state index is 8.80. The molecule has 0 atom stereocenters. The van der Waals surface area contributed by atoms with Crippen molar-refractivity contribution in [2.45, 2.75) is 96.9 Å². The zero-order valence-electron chi connectivity index (χ0n) is 14.4. The third-order valence-corrected chi connectivity index (χ3v) is 5.57. The third-order valence-electron chi connectivity index (χ3n) is 5.57. The van der Waals surface area contributed by atoms with Crippen LogP contribution in [0, 0.1) is 17.2 Å². The van der Waals surface area contributed by atoms with Crippen LogP contribution in [-0.4, -0.2) is 17.0 Å². The second-order valence-corrected chi connectivity index (χ2v) is 7.75. The summed E-state index contributed by atoms with van der Waals surface area (Å²) < 4.78 is 0. The van der Waals surface area contributed by atoms with E-state index in [2.05, 4.69) is 20.8 Å². The Hall–Kier alpha value is -0.660. The second-order valence-electron chi connectivity index (χ2n) is 7.75. The van der Waals surface area contributed by atoms with Crippen LogP contribution in [0.15, 0.2) is 4.99 Å². The SMILES string of the molecule is CCC(C)(C)N=C(C(=N)C1CCCCC1)C1CCCCC1. The Morgan fingerprint density at radius 2 is 1.38 bits per heavy atom. The van der Waals surface area contributed by atoms with Crippen molar-refractivity contribution < 1.29 is 0 Å². The maximum Gasteiger partial charge on any atom is 0.0596 e. The topological polar surface area (TPSA) is 36.2 Å². The number of nitrogens with one attached hydrogen (secondary N) is 1. The molecule has 0 aromatic rings. The predicted molar refractivity (Wildman–Crippen MR) is 92.7 cm³/mol. The van der Waals surface area contributed by atoms with Crippen LogP contribution in [0.4, 0.5) is 0 Å². The molecule has 0 bridgehead atoms. The first kappa shape index (κ1) is 16.7. The first-order valence-corrected chi connectivity index (χ1v) is 9.22. The molecule has 2 heteroatoms. The van der Waals surface area contributed by atoms with Crippen molar-refractivity contribution >= 4 is 11.4 Å². The lowest BCUT2D eigenvalue weighted by Gasteiger charge is -2.31. The van der Waals surface area contributed by atoms with Gasteiger partial charge in [-0.15, -0.1) is 0 Å². The van der Waals surface area contributed by atoms with Gasteiger partial charge in [-0.25, -0.2) is 0 Å². The number of aliphatic imine (C=N–C) groups is 1. The fraction of sp³-hybridized carbons (Fsp3) is 0.895. The predicted octanol–water partition coefficient (Wildman–Crippen LogP) is 5.80. The highest BCUT2D eigenvalue weighted by atomic mass is 14.9. The minimum atomic E-state index is -0.00620. The minimum Gasteiger partial charge on any atom is -0.303 e. The molecule has 2 aliphatic carbocycles. The van der Waals surface area contributed by atoms with Gasteiger partial charge in [-0.05, 0) is 46.0 Å². The van der Waals surface area contributed by atoms with Crippen LogP contribution in [0.2, 0.25) is 0 Å². The maximum atomic E-state index is 8.80. The van der Waals surface area contributed by atoms with Crippen LogP contribution in [0.5, 0.6) is 0 Å². The molecule has 0 aromatic heterocycles. The Bertz CT molecular complexity index is 369. The van der Waals surface area contributed by atoms with Crippen molar-refractivity contribution in [2.75, 3.05) is 0 Å². The molecular formula is C19H34N2.